The van der Waals surface area contributed by atoms with Crippen LogP contribution < -0.4 is 5.32 Å². The van der Waals surface area contributed by atoms with Crippen LogP contribution in [-0.4, -0.2) is 19.7 Å². The third kappa shape index (κ3) is 2.46. The highest BCUT2D eigenvalue weighted by atomic mass is 79.9. The van der Waals surface area contributed by atoms with Crippen LogP contribution in [0.3, 0.4) is 0 Å². The Hall–Kier alpha value is -1.43. The molecule has 0 aromatic carbocycles. The molecule has 0 spiro atoms. The van der Waals surface area contributed by atoms with E-state index in [4.69, 9.17) is 0 Å². The number of hydrogen-bond donors (Lipinski definition) is 1. The summed E-state index contributed by atoms with van der Waals surface area (Å²) < 4.78 is 2.57. The molecule has 0 atom stereocenters. The van der Waals surface area contributed by atoms with E-state index >= 15 is 0 Å². The Balaban J connectivity index is 1.86. The highest BCUT2D eigenvalue weighted by molar-refractivity contribution is 9.10. The summed E-state index contributed by atoms with van der Waals surface area (Å²) in [4.78, 5) is 8.90. The van der Waals surface area contributed by atoms with Gasteiger partial charge in [0.1, 0.15) is 16.2 Å². The lowest BCUT2D eigenvalue weighted by molar-refractivity contribution is 0.768. The van der Waals surface area contributed by atoms with Crippen molar-refractivity contribution in [2.24, 2.45) is 7.05 Å². The van der Waals surface area contributed by atoms with E-state index in [2.05, 4.69) is 36.3 Å². The molecule has 0 saturated heterocycles. The first-order chi connectivity index (χ1) is 8.20. The van der Waals surface area contributed by atoms with E-state index in [9.17, 15) is 0 Å². The third-order valence-corrected chi connectivity index (χ3v) is 3.04. The molecular formula is C11H12BrN5. The predicted octanol–water partition coefficient (Wildman–Crippen LogP) is 2.59. The molecule has 0 aliphatic heterocycles. The molecule has 88 valence electrons. The number of aromatic nitrogens is 4. The first-order valence-electron chi connectivity index (χ1n) is 5.51. The summed E-state index contributed by atoms with van der Waals surface area (Å²) in [5.41, 5.74) is 0.930. The van der Waals surface area contributed by atoms with E-state index in [1.165, 1.54) is 12.8 Å². The molecule has 3 rings (SSSR count). The summed E-state index contributed by atoms with van der Waals surface area (Å²) in [6, 6.07) is 1.87. The van der Waals surface area contributed by atoms with Crippen molar-refractivity contribution in [3.8, 4) is 0 Å². The van der Waals surface area contributed by atoms with Gasteiger partial charge in [0.25, 0.3) is 0 Å². The molecule has 1 aliphatic carbocycles. The van der Waals surface area contributed by atoms with Crippen LogP contribution in [0, 0.1) is 0 Å². The van der Waals surface area contributed by atoms with Gasteiger partial charge >= 0.3 is 0 Å². The van der Waals surface area contributed by atoms with Gasteiger partial charge in [0.2, 0.25) is 0 Å². The maximum Gasteiger partial charge on any atom is 0.135 e. The lowest BCUT2D eigenvalue weighted by Gasteiger charge is -2.05. The van der Waals surface area contributed by atoms with Crippen molar-refractivity contribution in [2.75, 3.05) is 5.32 Å². The van der Waals surface area contributed by atoms with Gasteiger partial charge in [0.05, 0.1) is 11.9 Å². The largest absolute Gasteiger partial charge is 0.338 e. The maximum atomic E-state index is 4.51. The summed E-state index contributed by atoms with van der Waals surface area (Å²) in [5, 5.41) is 7.33. The number of halogens is 1. The molecule has 0 bridgehead atoms. The Bertz CT molecular complexity index is 547. The maximum absolute atomic E-state index is 4.51. The first kappa shape index (κ1) is 10.7. The summed E-state index contributed by atoms with van der Waals surface area (Å²) in [6.07, 6.45) is 6.07. The standard InChI is InChI=1S/C11H12BrN5/c1-17-6-8(5-13-17)14-10-4-9(12)15-11(16-10)7-2-3-7/h4-7H,2-3H2,1H3,(H,14,15,16). The zero-order valence-corrected chi connectivity index (χ0v) is 11.0. The molecule has 2 aromatic heterocycles. The quantitative estimate of drug-likeness (QED) is 0.884. The van der Waals surface area contributed by atoms with E-state index in [0.717, 1.165) is 21.9 Å². The smallest absolute Gasteiger partial charge is 0.135 e. The zero-order chi connectivity index (χ0) is 11.8. The summed E-state index contributed by atoms with van der Waals surface area (Å²) in [5.74, 6) is 2.27. The molecule has 1 fully saturated rings. The predicted molar refractivity (Wildman–Crippen MR) is 68.2 cm³/mol. The molecule has 0 radical (unpaired) electrons. The fourth-order valence-corrected chi connectivity index (χ4v) is 2.06. The molecule has 5 nitrogen and oxygen atoms in total. The van der Waals surface area contributed by atoms with Gasteiger partial charge in [-0.3, -0.25) is 4.68 Å². The molecule has 17 heavy (non-hydrogen) atoms. The van der Waals surface area contributed by atoms with Crippen molar-refractivity contribution in [2.45, 2.75) is 18.8 Å². The van der Waals surface area contributed by atoms with Crippen LogP contribution in [0.25, 0.3) is 0 Å². The topological polar surface area (TPSA) is 55.6 Å². The fraction of sp³-hybridized carbons (Fsp3) is 0.364. The van der Waals surface area contributed by atoms with Crippen LogP contribution in [-0.2, 0) is 7.05 Å². The number of nitrogens with one attached hydrogen (secondary N) is 1. The zero-order valence-electron chi connectivity index (χ0n) is 9.39. The minimum Gasteiger partial charge on any atom is -0.338 e. The van der Waals surface area contributed by atoms with Crippen molar-refractivity contribution in [1.82, 2.24) is 19.7 Å². The van der Waals surface area contributed by atoms with Gasteiger partial charge in [-0.1, -0.05) is 0 Å². The molecule has 6 heteroatoms. The Kier molecular flexibility index (Phi) is 2.58. The Morgan fingerprint density at radius 3 is 2.88 bits per heavy atom. The molecule has 1 saturated carbocycles. The van der Waals surface area contributed by atoms with Gasteiger partial charge in [-0.25, -0.2) is 9.97 Å². The molecule has 1 aliphatic rings. The van der Waals surface area contributed by atoms with Crippen LogP contribution in [0.2, 0.25) is 0 Å². The number of hydrogen-bond acceptors (Lipinski definition) is 4. The van der Waals surface area contributed by atoms with E-state index in [0.29, 0.717) is 5.92 Å². The van der Waals surface area contributed by atoms with Gasteiger partial charge in [-0.05, 0) is 28.8 Å². The van der Waals surface area contributed by atoms with E-state index in [1.54, 1.807) is 10.9 Å². The summed E-state index contributed by atoms with van der Waals surface area (Å²) in [6.45, 7) is 0. The van der Waals surface area contributed by atoms with Crippen molar-refractivity contribution in [3.05, 3.63) is 28.9 Å². The third-order valence-electron chi connectivity index (χ3n) is 2.63. The molecular weight excluding hydrogens is 282 g/mol. The number of rotatable bonds is 3. The van der Waals surface area contributed by atoms with Crippen LogP contribution in [0.15, 0.2) is 23.1 Å². The second-order valence-electron chi connectivity index (χ2n) is 4.24. The summed E-state index contributed by atoms with van der Waals surface area (Å²) in [7, 11) is 1.89. The van der Waals surface area contributed by atoms with Crippen molar-refractivity contribution >= 4 is 27.4 Å². The average Bonchev–Trinajstić information content (AvgIpc) is 3.03. The van der Waals surface area contributed by atoms with Crippen LogP contribution >= 0.6 is 15.9 Å². The number of aryl methyl sites for hydroxylation is 1. The minimum absolute atomic E-state index is 0.543. The first-order valence-corrected chi connectivity index (χ1v) is 6.30. The molecule has 0 unspecified atom stereocenters. The van der Waals surface area contributed by atoms with Gasteiger partial charge in [0.15, 0.2) is 0 Å². The van der Waals surface area contributed by atoms with Crippen molar-refractivity contribution in [3.63, 3.8) is 0 Å². The molecule has 2 heterocycles. The van der Waals surface area contributed by atoms with Gasteiger partial charge < -0.3 is 5.32 Å². The van der Waals surface area contributed by atoms with Crippen LogP contribution in [0.4, 0.5) is 11.5 Å². The highest BCUT2D eigenvalue weighted by Crippen LogP contribution is 2.38. The Labute approximate surface area is 107 Å². The van der Waals surface area contributed by atoms with Crippen molar-refractivity contribution < 1.29 is 0 Å². The van der Waals surface area contributed by atoms with E-state index in [-0.39, 0.29) is 0 Å². The molecule has 1 N–H and O–H groups in total. The summed E-state index contributed by atoms with van der Waals surface area (Å²) >= 11 is 3.42. The van der Waals surface area contributed by atoms with Crippen molar-refractivity contribution in [1.29, 1.82) is 0 Å². The minimum atomic E-state index is 0.543. The second-order valence-corrected chi connectivity index (χ2v) is 5.05. The lowest BCUT2D eigenvalue weighted by Crippen LogP contribution is -1.99. The van der Waals surface area contributed by atoms with E-state index < -0.39 is 0 Å². The number of anilines is 2. The molecule has 2 aromatic rings. The van der Waals surface area contributed by atoms with Crippen LogP contribution in [0.5, 0.6) is 0 Å². The Morgan fingerprint density at radius 1 is 1.41 bits per heavy atom. The normalized spacial score (nSPS) is 14.9. The van der Waals surface area contributed by atoms with Gasteiger partial charge in [-0.15, -0.1) is 0 Å². The van der Waals surface area contributed by atoms with Gasteiger partial charge in [-0.2, -0.15) is 5.10 Å². The average molecular weight is 294 g/mol. The lowest BCUT2D eigenvalue weighted by atomic mass is 10.4. The second kappa shape index (κ2) is 4.10. The Morgan fingerprint density at radius 2 is 2.24 bits per heavy atom. The number of nitrogens with zero attached hydrogens (tertiary/aromatic N) is 4. The van der Waals surface area contributed by atoms with Gasteiger partial charge in [0, 0.05) is 25.2 Å². The van der Waals surface area contributed by atoms with E-state index in [1.807, 2.05) is 19.3 Å². The SMILES string of the molecule is Cn1cc(Nc2cc(Br)nc(C3CC3)n2)cn1. The molecule has 0 amide bonds. The fourth-order valence-electron chi connectivity index (χ4n) is 1.66. The van der Waals surface area contributed by atoms with Crippen LogP contribution in [0.1, 0.15) is 24.6 Å². The monoisotopic (exact) mass is 293 g/mol. The highest BCUT2D eigenvalue weighted by Gasteiger charge is 2.27.